The Balaban J connectivity index is 1.40. The summed E-state index contributed by atoms with van der Waals surface area (Å²) in [5, 5.41) is 0. The molecule has 2 saturated heterocycles. The Labute approximate surface area is 155 Å². The minimum Gasteiger partial charge on any atom is -0.336 e. The van der Waals surface area contributed by atoms with Crippen LogP contribution in [-0.2, 0) is 9.59 Å². The highest BCUT2D eigenvalue weighted by Gasteiger charge is 2.34. The van der Waals surface area contributed by atoms with Crippen molar-refractivity contribution in [1.29, 1.82) is 0 Å². The fourth-order valence-corrected chi connectivity index (χ4v) is 4.85. The number of hydrogen-bond donors (Lipinski definition) is 0. The van der Waals surface area contributed by atoms with Crippen molar-refractivity contribution in [2.24, 2.45) is 5.92 Å². The second-order valence-corrected chi connectivity index (χ2v) is 7.86. The molecule has 0 spiro atoms. The molecule has 4 heteroatoms. The number of benzene rings is 1. The Hall–Kier alpha value is -2.10. The van der Waals surface area contributed by atoms with Gasteiger partial charge in [-0.2, -0.15) is 0 Å². The zero-order valence-electron chi connectivity index (χ0n) is 15.4. The van der Waals surface area contributed by atoms with Gasteiger partial charge in [0.05, 0.1) is 0 Å². The summed E-state index contributed by atoms with van der Waals surface area (Å²) in [4.78, 5) is 28.5. The van der Waals surface area contributed by atoms with Gasteiger partial charge in [-0.15, -0.1) is 0 Å². The Morgan fingerprint density at radius 3 is 2.50 bits per heavy atom. The zero-order chi connectivity index (χ0) is 17.9. The molecule has 4 nitrogen and oxygen atoms in total. The average molecular weight is 352 g/mol. The first-order valence-corrected chi connectivity index (χ1v) is 10.1. The number of rotatable bonds is 3. The second-order valence-electron chi connectivity index (χ2n) is 7.86. The third kappa shape index (κ3) is 3.55. The number of anilines is 1. The lowest BCUT2D eigenvalue weighted by molar-refractivity contribution is -0.132. The summed E-state index contributed by atoms with van der Waals surface area (Å²) in [7, 11) is 0. The third-order valence-electron chi connectivity index (χ3n) is 6.22. The molecule has 1 aromatic rings. The van der Waals surface area contributed by atoms with Crippen LogP contribution in [0, 0.1) is 5.92 Å². The lowest BCUT2D eigenvalue weighted by Gasteiger charge is -2.43. The van der Waals surface area contributed by atoms with Gasteiger partial charge in [0.2, 0.25) is 11.8 Å². The van der Waals surface area contributed by atoms with E-state index >= 15 is 0 Å². The fourth-order valence-electron chi connectivity index (χ4n) is 4.85. The first-order chi connectivity index (χ1) is 12.7. The monoisotopic (exact) mass is 352 g/mol. The van der Waals surface area contributed by atoms with Crippen LogP contribution in [0.25, 0.3) is 6.08 Å². The van der Waals surface area contributed by atoms with Crippen LogP contribution in [0.5, 0.6) is 0 Å². The number of amides is 2. The molecule has 2 aliphatic heterocycles. The quantitative estimate of drug-likeness (QED) is 0.771. The van der Waals surface area contributed by atoms with E-state index in [4.69, 9.17) is 0 Å². The number of carbonyl (C=O) groups excluding carboxylic acids is 2. The van der Waals surface area contributed by atoms with Crippen molar-refractivity contribution in [3.05, 3.63) is 35.9 Å². The summed E-state index contributed by atoms with van der Waals surface area (Å²) in [6, 6.07) is 8.39. The minimum absolute atomic E-state index is 0.153. The molecule has 3 aliphatic rings. The van der Waals surface area contributed by atoms with Crippen molar-refractivity contribution in [3.8, 4) is 0 Å². The number of piperidine rings is 1. The second kappa shape index (κ2) is 7.65. The number of carbonyl (C=O) groups is 2. The number of likely N-dealkylation sites (tertiary alicyclic amines) is 1. The molecule has 0 radical (unpaired) electrons. The van der Waals surface area contributed by atoms with Gasteiger partial charge >= 0.3 is 0 Å². The molecule has 2 amide bonds. The van der Waals surface area contributed by atoms with E-state index in [1.165, 1.54) is 32.1 Å². The SMILES string of the molecule is O=C1CCCN1c1ccc(C=CC(=O)N2CCCC3CCCCC32)cc1. The van der Waals surface area contributed by atoms with Gasteiger partial charge in [-0.3, -0.25) is 9.59 Å². The van der Waals surface area contributed by atoms with E-state index in [-0.39, 0.29) is 11.8 Å². The molecule has 138 valence electrons. The van der Waals surface area contributed by atoms with Crippen LogP contribution >= 0.6 is 0 Å². The first kappa shape index (κ1) is 17.3. The number of fused-ring (bicyclic) bond motifs is 1. The highest BCUT2D eigenvalue weighted by molar-refractivity contribution is 5.95. The predicted molar refractivity (Wildman–Crippen MR) is 104 cm³/mol. The molecular weight excluding hydrogens is 324 g/mol. The molecule has 0 bridgehead atoms. The lowest BCUT2D eigenvalue weighted by atomic mass is 9.78. The summed E-state index contributed by atoms with van der Waals surface area (Å²) in [5.41, 5.74) is 1.96. The van der Waals surface area contributed by atoms with Gasteiger partial charge in [-0.1, -0.05) is 25.0 Å². The van der Waals surface area contributed by atoms with E-state index in [1.807, 2.05) is 35.2 Å². The molecule has 4 rings (SSSR count). The van der Waals surface area contributed by atoms with E-state index < -0.39 is 0 Å². The van der Waals surface area contributed by atoms with Gasteiger partial charge in [0.15, 0.2) is 0 Å². The van der Waals surface area contributed by atoms with E-state index in [1.54, 1.807) is 6.08 Å². The van der Waals surface area contributed by atoms with Crippen LogP contribution in [0.1, 0.15) is 56.9 Å². The van der Waals surface area contributed by atoms with E-state index in [9.17, 15) is 9.59 Å². The van der Waals surface area contributed by atoms with Crippen LogP contribution in [0.15, 0.2) is 30.3 Å². The fraction of sp³-hybridized carbons (Fsp3) is 0.545. The average Bonchev–Trinajstić information content (AvgIpc) is 3.12. The first-order valence-electron chi connectivity index (χ1n) is 10.1. The van der Waals surface area contributed by atoms with Crippen LogP contribution in [0.2, 0.25) is 0 Å². The maximum Gasteiger partial charge on any atom is 0.246 e. The molecule has 2 heterocycles. The highest BCUT2D eigenvalue weighted by atomic mass is 16.2. The molecule has 1 aromatic carbocycles. The molecule has 2 unspecified atom stereocenters. The van der Waals surface area contributed by atoms with E-state index in [0.717, 1.165) is 37.2 Å². The Bertz CT molecular complexity index is 693. The Morgan fingerprint density at radius 2 is 1.73 bits per heavy atom. The summed E-state index contributed by atoms with van der Waals surface area (Å²) in [6.07, 6.45) is 12.7. The summed E-state index contributed by atoms with van der Waals surface area (Å²) in [5.74, 6) is 1.07. The van der Waals surface area contributed by atoms with Gasteiger partial charge < -0.3 is 9.80 Å². The molecular formula is C22H28N2O2. The van der Waals surface area contributed by atoms with Gasteiger partial charge in [0, 0.05) is 37.3 Å². The maximum absolute atomic E-state index is 12.7. The predicted octanol–water partition coefficient (Wildman–Crippen LogP) is 4.01. The van der Waals surface area contributed by atoms with Crippen LogP contribution in [-0.4, -0.2) is 35.8 Å². The van der Waals surface area contributed by atoms with Gasteiger partial charge in [-0.05, 0) is 61.8 Å². The maximum atomic E-state index is 12.7. The van der Waals surface area contributed by atoms with Crippen molar-refractivity contribution < 1.29 is 9.59 Å². The lowest BCUT2D eigenvalue weighted by Crippen LogP contribution is -2.49. The van der Waals surface area contributed by atoms with Crippen molar-refractivity contribution in [3.63, 3.8) is 0 Å². The van der Waals surface area contributed by atoms with Crippen LogP contribution in [0.3, 0.4) is 0 Å². The topological polar surface area (TPSA) is 40.6 Å². The summed E-state index contributed by atoms with van der Waals surface area (Å²) < 4.78 is 0. The highest BCUT2D eigenvalue weighted by Crippen LogP contribution is 2.35. The zero-order valence-corrected chi connectivity index (χ0v) is 15.4. The van der Waals surface area contributed by atoms with Gasteiger partial charge in [0.1, 0.15) is 0 Å². The van der Waals surface area contributed by atoms with Gasteiger partial charge in [-0.25, -0.2) is 0 Å². The number of hydrogen-bond acceptors (Lipinski definition) is 2. The van der Waals surface area contributed by atoms with Crippen molar-refractivity contribution in [2.75, 3.05) is 18.0 Å². The molecule has 26 heavy (non-hydrogen) atoms. The number of nitrogens with zero attached hydrogens (tertiary/aromatic N) is 2. The third-order valence-corrected chi connectivity index (χ3v) is 6.22. The largest absolute Gasteiger partial charge is 0.336 e. The van der Waals surface area contributed by atoms with Crippen LogP contribution < -0.4 is 4.90 Å². The van der Waals surface area contributed by atoms with Gasteiger partial charge in [0.25, 0.3) is 0 Å². The van der Waals surface area contributed by atoms with E-state index in [0.29, 0.717) is 18.4 Å². The van der Waals surface area contributed by atoms with E-state index in [2.05, 4.69) is 4.90 Å². The van der Waals surface area contributed by atoms with Crippen LogP contribution in [0.4, 0.5) is 5.69 Å². The Kier molecular flexibility index (Phi) is 5.09. The molecule has 2 atom stereocenters. The summed E-state index contributed by atoms with van der Waals surface area (Å²) >= 11 is 0. The Morgan fingerprint density at radius 1 is 0.962 bits per heavy atom. The smallest absolute Gasteiger partial charge is 0.246 e. The normalized spacial score (nSPS) is 26.4. The molecule has 1 saturated carbocycles. The van der Waals surface area contributed by atoms with Crippen molar-refractivity contribution >= 4 is 23.6 Å². The van der Waals surface area contributed by atoms with Crippen molar-refractivity contribution in [1.82, 2.24) is 4.90 Å². The molecule has 0 aromatic heterocycles. The minimum atomic E-state index is 0.153. The van der Waals surface area contributed by atoms with Crippen molar-refractivity contribution in [2.45, 2.75) is 57.4 Å². The summed E-state index contributed by atoms with van der Waals surface area (Å²) in [6.45, 7) is 1.71. The standard InChI is InChI=1S/C22H28N2O2/c25-21-8-4-15-23(21)19-12-9-17(10-13-19)11-14-22(26)24-16-3-6-18-5-1-2-7-20(18)24/h9-14,18,20H,1-8,15-16H2. The molecule has 0 N–H and O–H groups in total. The molecule has 1 aliphatic carbocycles. The molecule has 3 fully saturated rings.